The number of hydrogen-bond acceptors (Lipinski definition) is 5. The molecule has 0 fully saturated rings. The average Bonchev–Trinajstić information content (AvgIpc) is 3.08. The van der Waals surface area contributed by atoms with E-state index < -0.39 is 0 Å². The molecule has 7 nitrogen and oxygen atoms in total. The number of nitrogen functional groups attached to an aromatic ring is 1. The number of aliphatic hydroxyl groups excluding tert-OH is 1. The number of nitrogens with two attached hydrogens (primary N) is 1. The van der Waals surface area contributed by atoms with Crippen LogP contribution in [0.2, 0.25) is 10.0 Å². The first kappa shape index (κ1) is 19.2. The lowest BCUT2D eigenvalue weighted by Gasteiger charge is -2.08. The molecule has 3 rings (SSSR count). The Morgan fingerprint density at radius 3 is 2.85 bits per heavy atom. The van der Waals surface area contributed by atoms with Gasteiger partial charge in [0, 0.05) is 17.1 Å². The second kappa shape index (κ2) is 7.96. The molecule has 1 amide bonds. The highest BCUT2D eigenvalue weighted by molar-refractivity contribution is 6.33. The number of rotatable bonds is 5. The van der Waals surface area contributed by atoms with Crippen molar-refractivity contribution < 1.29 is 9.90 Å². The number of amides is 1. The van der Waals surface area contributed by atoms with Gasteiger partial charge >= 0.3 is 0 Å². The Hall–Kier alpha value is -2.61. The fraction of sp³-hybridized carbons (Fsp3) is 0.167. The number of nitrogens with zero attached hydrogens (tertiary/aromatic N) is 2. The lowest BCUT2D eigenvalue weighted by atomic mass is 10.0. The molecule has 0 saturated heterocycles. The number of carbonyl (C=O) groups is 1. The number of hydrogen-bond donors (Lipinski definition) is 4. The van der Waals surface area contributed by atoms with E-state index in [9.17, 15) is 4.79 Å². The minimum absolute atomic E-state index is 0.0655. The van der Waals surface area contributed by atoms with E-state index >= 15 is 0 Å². The predicted molar refractivity (Wildman–Crippen MR) is 106 cm³/mol. The van der Waals surface area contributed by atoms with Crippen LogP contribution in [0.5, 0.6) is 0 Å². The molecule has 1 aromatic carbocycles. The van der Waals surface area contributed by atoms with Crippen LogP contribution in [0.1, 0.15) is 15.9 Å². The van der Waals surface area contributed by atoms with E-state index in [-0.39, 0.29) is 25.0 Å². The van der Waals surface area contributed by atoms with E-state index in [0.717, 1.165) is 11.1 Å². The molecule has 0 aliphatic carbocycles. The zero-order valence-corrected chi connectivity index (χ0v) is 15.9. The number of aromatic nitrogens is 3. The molecule has 0 aliphatic rings. The fourth-order valence-electron chi connectivity index (χ4n) is 2.67. The summed E-state index contributed by atoms with van der Waals surface area (Å²) in [4.78, 5) is 23.8. The number of carbonyl (C=O) groups excluding carboxylic acids is 1. The summed E-state index contributed by atoms with van der Waals surface area (Å²) >= 11 is 12.3. The van der Waals surface area contributed by atoms with E-state index in [0.29, 0.717) is 32.7 Å². The molecular weight excluding hydrogens is 389 g/mol. The molecule has 140 valence electrons. The summed E-state index contributed by atoms with van der Waals surface area (Å²) in [6, 6.07) is 7.04. The van der Waals surface area contributed by atoms with E-state index in [1.54, 1.807) is 18.2 Å². The van der Waals surface area contributed by atoms with Gasteiger partial charge in [0.1, 0.15) is 5.69 Å². The normalized spacial score (nSPS) is 10.8. The number of aliphatic hydroxyl groups is 1. The van der Waals surface area contributed by atoms with Crippen molar-refractivity contribution in [3.05, 3.63) is 51.6 Å². The van der Waals surface area contributed by atoms with Gasteiger partial charge in [-0.3, -0.25) is 4.79 Å². The van der Waals surface area contributed by atoms with E-state index in [1.807, 2.05) is 13.0 Å². The first-order chi connectivity index (χ1) is 12.9. The molecule has 2 aromatic heterocycles. The molecule has 0 spiro atoms. The van der Waals surface area contributed by atoms with E-state index in [1.165, 1.54) is 6.20 Å². The molecule has 0 atom stereocenters. The molecule has 0 bridgehead atoms. The minimum atomic E-state index is -0.348. The molecule has 0 radical (unpaired) electrons. The number of benzene rings is 1. The molecule has 9 heteroatoms. The van der Waals surface area contributed by atoms with Gasteiger partial charge in [0.05, 0.1) is 34.8 Å². The number of nitrogens with one attached hydrogen (secondary N) is 2. The monoisotopic (exact) mass is 405 g/mol. The third-order valence-corrected chi connectivity index (χ3v) is 4.46. The highest BCUT2D eigenvalue weighted by atomic mass is 35.5. The van der Waals surface area contributed by atoms with Gasteiger partial charge in [0.15, 0.2) is 0 Å². The van der Waals surface area contributed by atoms with Crippen LogP contribution in [0.25, 0.3) is 22.6 Å². The molecule has 0 saturated carbocycles. The predicted octanol–water partition coefficient (Wildman–Crippen LogP) is 3.06. The Labute approximate surface area is 165 Å². The maximum absolute atomic E-state index is 12.6. The standard InChI is InChI=1S/C18H17Cl2N5O2/c1-9-2-3-10(19)6-11(9)15-12(17(27)22-4-5-26)7-14(24-15)16-13(20)8-23-18(21)25-16/h2-3,6-8,24,26H,4-5H2,1H3,(H,22,27)(H2,21,23,25). The van der Waals surface area contributed by atoms with E-state index in [4.69, 9.17) is 34.0 Å². The topological polar surface area (TPSA) is 117 Å². The molecule has 2 heterocycles. The smallest absolute Gasteiger partial charge is 0.253 e. The highest BCUT2D eigenvalue weighted by Crippen LogP contribution is 2.34. The van der Waals surface area contributed by atoms with E-state index in [2.05, 4.69) is 20.3 Å². The SMILES string of the molecule is Cc1ccc(Cl)cc1-c1[nH]c(-c2nc(N)ncc2Cl)cc1C(=O)NCCO. The summed E-state index contributed by atoms with van der Waals surface area (Å²) in [5.74, 6) is -0.283. The van der Waals surface area contributed by atoms with Crippen LogP contribution in [0.4, 0.5) is 5.95 Å². The number of H-pyrrole nitrogens is 1. The van der Waals surface area contributed by atoms with Crippen molar-refractivity contribution in [3.8, 4) is 22.6 Å². The number of aryl methyl sites for hydroxylation is 1. The second-order valence-electron chi connectivity index (χ2n) is 5.84. The van der Waals surface area contributed by atoms with Crippen molar-refractivity contribution in [2.75, 3.05) is 18.9 Å². The van der Waals surface area contributed by atoms with Crippen LogP contribution >= 0.6 is 23.2 Å². The van der Waals surface area contributed by atoms with Gasteiger partial charge in [0.25, 0.3) is 5.91 Å². The third-order valence-electron chi connectivity index (χ3n) is 3.95. The Morgan fingerprint density at radius 1 is 1.33 bits per heavy atom. The van der Waals surface area contributed by atoms with Gasteiger partial charge in [-0.2, -0.15) is 0 Å². The molecule has 0 aliphatic heterocycles. The second-order valence-corrected chi connectivity index (χ2v) is 6.68. The number of anilines is 1. The van der Waals surface area contributed by atoms with Crippen LogP contribution in [0, 0.1) is 6.92 Å². The van der Waals surface area contributed by atoms with Crippen LogP contribution in [0.3, 0.4) is 0 Å². The van der Waals surface area contributed by atoms with Crippen molar-refractivity contribution in [2.45, 2.75) is 6.92 Å². The van der Waals surface area contributed by atoms with Crippen molar-refractivity contribution >= 4 is 35.1 Å². The summed E-state index contributed by atoms with van der Waals surface area (Å²) in [7, 11) is 0. The molecule has 3 aromatic rings. The average molecular weight is 406 g/mol. The lowest BCUT2D eigenvalue weighted by Crippen LogP contribution is -2.26. The Kier molecular flexibility index (Phi) is 5.65. The minimum Gasteiger partial charge on any atom is -0.395 e. The fourth-order valence-corrected chi connectivity index (χ4v) is 3.04. The van der Waals surface area contributed by atoms with Gasteiger partial charge < -0.3 is 21.1 Å². The van der Waals surface area contributed by atoms with Crippen molar-refractivity contribution in [2.24, 2.45) is 0 Å². The first-order valence-corrected chi connectivity index (χ1v) is 8.83. The van der Waals surface area contributed by atoms with Gasteiger partial charge in [0.2, 0.25) is 5.95 Å². The lowest BCUT2D eigenvalue weighted by molar-refractivity contribution is 0.0945. The van der Waals surface area contributed by atoms with Gasteiger partial charge in [-0.25, -0.2) is 9.97 Å². The maximum Gasteiger partial charge on any atom is 0.253 e. The van der Waals surface area contributed by atoms with Gasteiger partial charge in [-0.05, 0) is 30.7 Å². The van der Waals surface area contributed by atoms with Crippen molar-refractivity contribution in [1.29, 1.82) is 0 Å². The zero-order valence-electron chi connectivity index (χ0n) is 14.4. The summed E-state index contributed by atoms with van der Waals surface area (Å²) in [5.41, 5.74) is 9.19. The van der Waals surface area contributed by atoms with Crippen LogP contribution in [-0.4, -0.2) is 39.1 Å². The first-order valence-electron chi connectivity index (χ1n) is 8.07. The van der Waals surface area contributed by atoms with Gasteiger partial charge in [-0.15, -0.1) is 0 Å². The summed E-state index contributed by atoms with van der Waals surface area (Å²) in [6.07, 6.45) is 1.40. The van der Waals surface area contributed by atoms with Crippen LogP contribution in [-0.2, 0) is 0 Å². The number of halogens is 2. The summed E-state index contributed by atoms with van der Waals surface area (Å²) in [6.45, 7) is 1.88. The number of aromatic amines is 1. The molecule has 5 N–H and O–H groups in total. The molecule has 0 unspecified atom stereocenters. The van der Waals surface area contributed by atoms with Crippen molar-refractivity contribution in [1.82, 2.24) is 20.3 Å². The summed E-state index contributed by atoms with van der Waals surface area (Å²) < 4.78 is 0. The van der Waals surface area contributed by atoms with Crippen LogP contribution in [0.15, 0.2) is 30.5 Å². The maximum atomic E-state index is 12.6. The molecular formula is C18H17Cl2N5O2. The molecule has 27 heavy (non-hydrogen) atoms. The quantitative estimate of drug-likeness (QED) is 0.520. The Balaban J connectivity index is 2.18. The largest absolute Gasteiger partial charge is 0.395 e. The summed E-state index contributed by atoms with van der Waals surface area (Å²) in [5, 5.41) is 12.5. The third kappa shape index (κ3) is 4.05. The Bertz CT molecular complexity index is 1000. The highest BCUT2D eigenvalue weighted by Gasteiger charge is 2.21. The Morgan fingerprint density at radius 2 is 2.11 bits per heavy atom. The zero-order chi connectivity index (χ0) is 19.6. The van der Waals surface area contributed by atoms with Crippen molar-refractivity contribution in [3.63, 3.8) is 0 Å². The van der Waals surface area contributed by atoms with Gasteiger partial charge in [-0.1, -0.05) is 29.3 Å². The van der Waals surface area contributed by atoms with Crippen LogP contribution < -0.4 is 11.1 Å².